The number of rotatable bonds is 5. The number of carbonyl (C=O) groups is 2. The number of carboxylic acids is 2. The lowest BCUT2D eigenvalue weighted by Gasteiger charge is -2.16. The number of H-pyrrole nitrogens is 1. The van der Waals surface area contributed by atoms with Crippen molar-refractivity contribution in [1.29, 1.82) is 0 Å². The molecule has 0 saturated heterocycles. The zero-order valence-corrected chi connectivity index (χ0v) is 14.4. The first kappa shape index (κ1) is 19.5. The normalized spacial score (nSPS) is 10.6. The molecule has 0 fully saturated rings. The number of ether oxygens (including phenoxy) is 1. The van der Waals surface area contributed by atoms with Gasteiger partial charge in [0.25, 0.3) is 5.56 Å². The van der Waals surface area contributed by atoms with Crippen molar-refractivity contribution in [2.75, 3.05) is 5.73 Å². The molecule has 1 heterocycles. The van der Waals surface area contributed by atoms with Gasteiger partial charge < -0.3 is 25.7 Å². The van der Waals surface area contributed by atoms with Crippen molar-refractivity contribution < 1.29 is 33.3 Å². The number of pyridine rings is 1. The van der Waals surface area contributed by atoms with E-state index in [9.17, 15) is 33.4 Å². The predicted molar refractivity (Wildman–Crippen MR) is 97.3 cm³/mol. The van der Waals surface area contributed by atoms with Crippen molar-refractivity contribution in [3.8, 4) is 22.6 Å². The van der Waals surface area contributed by atoms with Crippen molar-refractivity contribution in [3.63, 3.8) is 0 Å². The van der Waals surface area contributed by atoms with E-state index in [2.05, 4.69) is 0 Å². The Morgan fingerprint density at radius 2 is 1.62 bits per heavy atom. The van der Waals surface area contributed by atoms with Gasteiger partial charge in [-0.25, -0.2) is 18.4 Å². The fraction of sp³-hybridized carbons (Fsp3) is 0. The highest BCUT2D eigenvalue weighted by Gasteiger charge is 2.28. The molecule has 0 radical (unpaired) electrons. The Morgan fingerprint density at radius 1 is 0.966 bits per heavy atom. The van der Waals surface area contributed by atoms with Gasteiger partial charge in [0.05, 0.1) is 0 Å². The lowest BCUT2D eigenvalue weighted by atomic mass is 9.94. The van der Waals surface area contributed by atoms with Crippen LogP contribution in [0.15, 0.2) is 47.3 Å². The highest BCUT2D eigenvalue weighted by molar-refractivity contribution is 6.08. The van der Waals surface area contributed by atoms with E-state index >= 15 is 0 Å². The number of halogens is 2. The number of aromatic carboxylic acids is 2. The third-order valence-electron chi connectivity index (χ3n) is 3.95. The fourth-order valence-corrected chi connectivity index (χ4v) is 2.75. The van der Waals surface area contributed by atoms with Gasteiger partial charge in [-0.3, -0.25) is 4.79 Å². The first-order valence-electron chi connectivity index (χ1n) is 7.95. The van der Waals surface area contributed by atoms with Crippen molar-refractivity contribution in [2.24, 2.45) is 0 Å². The van der Waals surface area contributed by atoms with E-state index in [4.69, 9.17) is 10.5 Å². The molecule has 0 aliphatic carbocycles. The number of aromatic amines is 1. The van der Waals surface area contributed by atoms with Gasteiger partial charge in [0, 0.05) is 17.2 Å². The Hall–Kier alpha value is -4.21. The summed E-state index contributed by atoms with van der Waals surface area (Å²) >= 11 is 0. The lowest BCUT2D eigenvalue weighted by molar-refractivity contribution is 0.0695. The first-order chi connectivity index (χ1) is 13.7. The molecule has 148 valence electrons. The van der Waals surface area contributed by atoms with Crippen LogP contribution < -0.4 is 16.0 Å². The lowest BCUT2D eigenvalue weighted by Crippen LogP contribution is -2.24. The Balaban J connectivity index is 2.30. The molecular formula is C19H12F2N2O6. The summed E-state index contributed by atoms with van der Waals surface area (Å²) in [6.07, 6.45) is 0. The maximum atomic E-state index is 13.5. The molecule has 0 atom stereocenters. The van der Waals surface area contributed by atoms with Gasteiger partial charge in [-0.1, -0.05) is 18.2 Å². The fourth-order valence-electron chi connectivity index (χ4n) is 2.75. The second-order valence-electron chi connectivity index (χ2n) is 5.78. The highest BCUT2D eigenvalue weighted by atomic mass is 19.2. The van der Waals surface area contributed by atoms with Crippen LogP contribution in [-0.2, 0) is 0 Å². The summed E-state index contributed by atoms with van der Waals surface area (Å²) in [7, 11) is 0. The molecule has 0 amide bonds. The Bertz CT molecular complexity index is 1210. The zero-order valence-electron chi connectivity index (χ0n) is 14.4. The SMILES string of the molecule is Nc1[nH]c(=O)c(C(=O)O)c(-c2ccccc2Oc2ccc(F)c(F)c2)c1C(=O)O. The van der Waals surface area contributed by atoms with E-state index in [1.807, 2.05) is 4.98 Å². The first-order valence-corrected chi connectivity index (χ1v) is 7.95. The van der Waals surface area contributed by atoms with E-state index in [1.165, 1.54) is 24.3 Å². The number of nitrogens with one attached hydrogen (secondary N) is 1. The summed E-state index contributed by atoms with van der Waals surface area (Å²) in [5.41, 5.74) is 2.41. The van der Waals surface area contributed by atoms with Crippen LogP contribution in [0.3, 0.4) is 0 Å². The molecule has 3 rings (SSSR count). The van der Waals surface area contributed by atoms with Crippen molar-refractivity contribution in [3.05, 3.63) is 75.6 Å². The van der Waals surface area contributed by atoms with E-state index < -0.39 is 51.6 Å². The second-order valence-corrected chi connectivity index (χ2v) is 5.78. The minimum Gasteiger partial charge on any atom is -0.478 e. The third kappa shape index (κ3) is 3.63. The Morgan fingerprint density at radius 3 is 2.24 bits per heavy atom. The van der Waals surface area contributed by atoms with Gasteiger partial charge in [-0.05, 0) is 18.2 Å². The van der Waals surface area contributed by atoms with Crippen LogP contribution in [0, 0.1) is 11.6 Å². The summed E-state index contributed by atoms with van der Waals surface area (Å²) < 4.78 is 32.1. The van der Waals surface area contributed by atoms with Gasteiger partial charge in [0.1, 0.15) is 28.4 Å². The summed E-state index contributed by atoms with van der Waals surface area (Å²) in [5.74, 6) is -6.35. The average molecular weight is 402 g/mol. The van der Waals surface area contributed by atoms with Gasteiger partial charge in [-0.2, -0.15) is 0 Å². The number of para-hydroxylation sites is 1. The summed E-state index contributed by atoms with van der Waals surface area (Å²) in [5, 5.41) is 19.0. The zero-order chi connectivity index (χ0) is 21.3. The molecule has 0 bridgehead atoms. The number of anilines is 1. The number of benzene rings is 2. The van der Waals surface area contributed by atoms with Crippen LogP contribution in [0.25, 0.3) is 11.1 Å². The number of nitrogens with two attached hydrogens (primary N) is 1. The maximum Gasteiger partial charge on any atom is 0.342 e. The molecular weight excluding hydrogens is 390 g/mol. The Labute approximate surface area is 160 Å². The van der Waals surface area contributed by atoms with Crippen molar-refractivity contribution >= 4 is 17.8 Å². The highest BCUT2D eigenvalue weighted by Crippen LogP contribution is 2.37. The van der Waals surface area contributed by atoms with Crippen molar-refractivity contribution in [1.82, 2.24) is 4.98 Å². The molecule has 10 heteroatoms. The van der Waals surface area contributed by atoms with E-state index in [-0.39, 0.29) is 17.1 Å². The standard InChI is InChI=1S/C19H12F2N2O6/c20-10-6-5-8(7-11(10)21)29-12-4-2-1-3-9(12)13-14(18(25)26)16(22)23-17(24)15(13)19(27)28/h1-7H,(H,25,26)(H,27,28)(H3,22,23,24). The van der Waals surface area contributed by atoms with Crippen LogP contribution >= 0.6 is 0 Å². The summed E-state index contributed by atoms with van der Waals surface area (Å²) in [6.45, 7) is 0. The van der Waals surface area contributed by atoms with Crippen LogP contribution in [0.4, 0.5) is 14.6 Å². The number of aromatic nitrogens is 1. The van der Waals surface area contributed by atoms with Crippen molar-refractivity contribution in [2.45, 2.75) is 0 Å². The maximum absolute atomic E-state index is 13.5. The van der Waals surface area contributed by atoms with Crippen LogP contribution in [0.1, 0.15) is 20.7 Å². The topological polar surface area (TPSA) is 143 Å². The molecule has 1 aromatic heterocycles. The van der Waals surface area contributed by atoms with E-state index in [0.29, 0.717) is 0 Å². The smallest absolute Gasteiger partial charge is 0.342 e. The average Bonchev–Trinajstić information content (AvgIpc) is 2.64. The van der Waals surface area contributed by atoms with E-state index in [0.717, 1.165) is 18.2 Å². The molecule has 29 heavy (non-hydrogen) atoms. The summed E-state index contributed by atoms with van der Waals surface area (Å²) in [4.78, 5) is 37.5. The van der Waals surface area contributed by atoms with Crippen LogP contribution in [0.2, 0.25) is 0 Å². The van der Waals surface area contributed by atoms with Crippen LogP contribution in [0.5, 0.6) is 11.5 Å². The monoisotopic (exact) mass is 402 g/mol. The molecule has 3 aromatic rings. The van der Waals surface area contributed by atoms with Gasteiger partial charge in [-0.15, -0.1) is 0 Å². The minimum absolute atomic E-state index is 0.0927. The van der Waals surface area contributed by atoms with Gasteiger partial charge in [0.2, 0.25) is 0 Å². The molecule has 0 saturated carbocycles. The molecule has 5 N–H and O–H groups in total. The quantitative estimate of drug-likeness (QED) is 0.513. The van der Waals surface area contributed by atoms with Gasteiger partial charge in [0.15, 0.2) is 11.6 Å². The predicted octanol–water partition coefficient (Wildman–Crippen LogP) is 3.09. The molecule has 8 nitrogen and oxygen atoms in total. The molecule has 0 spiro atoms. The number of nitrogen functional groups attached to an aromatic ring is 1. The molecule has 2 aromatic carbocycles. The minimum atomic E-state index is -1.69. The second kappa shape index (κ2) is 7.43. The third-order valence-corrected chi connectivity index (χ3v) is 3.95. The molecule has 0 aliphatic heterocycles. The van der Waals surface area contributed by atoms with Gasteiger partial charge >= 0.3 is 11.9 Å². The number of hydrogen-bond donors (Lipinski definition) is 4. The largest absolute Gasteiger partial charge is 0.478 e. The summed E-state index contributed by atoms with van der Waals surface area (Å²) in [6, 6.07) is 8.28. The molecule has 0 unspecified atom stereocenters. The molecule has 0 aliphatic rings. The Kier molecular flexibility index (Phi) is 5.01. The van der Waals surface area contributed by atoms with E-state index in [1.54, 1.807) is 0 Å². The number of carboxylic acid groups (broad SMARTS) is 2. The number of hydrogen-bond acceptors (Lipinski definition) is 5. The van der Waals surface area contributed by atoms with Crippen LogP contribution in [-0.4, -0.2) is 27.1 Å².